The Morgan fingerprint density at radius 1 is 0.952 bits per heavy atom. The molecule has 2 fully saturated rings. The van der Waals surface area contributed by atoms with Crippen LogP contribution in [0.25, 0.3) is 0 Å². The van der Waals surface area contributed by atoms with Crippen molar-refractivity contribution in [3.05, 3.63) is 0 Å². The van der Waals surface area contributed by atoms with Crippen molar-refractivity contribution < 1.29 is 0 Å². The molecule has 0 aliphatic heterocycles. The fourth-order valence-corrected chi connectivity index (χ4v) is 5.26. The summed E-state index contributed by atoms with van der Waals surface area (Å²) in [6.07, 6.45) is 11.7. The van der Waals surface area contributed by atoms with Crippen molar-refractivity contribution in [2.45, 2.75) is 97.1 Å². The van der Waals surface area contributed by atoms with Crippen molar-refractivity contribution in [2.75, 3.05) is 0 Å². The van der Waals surface area contributed by atoms with E-state index >= 15 is 0 Å². The second-order valence-corrected chi connectivity index (χ2v) is 8.79. The van der Waals surface area contributed by atoms with Crippen molar-refractivity contribution in [1.29, 1.82) is 0 Å². The molecule has 124 valence electrons. The molecule has 0 spiro atoms. The highest BCUT2D eigenvalue weighted by Crippen LogP contribution is 2.51. The van der Waals surface area contributed by atoms with E-state index in [0.717, 1.165) is 18.8 Å². The van der Waals surface area contributed by atoms with Gasteiger partial charge in [0.1, 0.15) is 0 Å². The van der Waals surface area contributed by atoms with Gasteiger partial charge in [-0.15, -0.1) is 0 Å². The highest BCUT2D eigenvalue weighted by Gasteiger charge is 2.49. The Morgan fingerprint density at radius 3 is 2.00 bits per heavy atom. The topological polar surface area (TPSA) is 52.0 Å². The lowest BCUT2D eigenvalue weighted by atomic mass is 9.55. The zero-order chi connectivity index (χ0) is 15.7. The van der Waals surface area contributed by atoms with E-state index in [-0.39, 0.29) is 11.6 Å². The minimum absolute atomic E-state index is 0.102. The molecule has 2 atom stereocenters. The molecule has 0 radical (unpaired) electrons. The summed E-state index contributed by atoms with van der Waals surface area (Å²) in [7, 11) is 0. The summed E-state index contributed by atoms with van der Waals surface area (Å²) in [6.45, 7) is 9.49. The van der Waals surface area contributed by atoms with Gasteiger partial charge in [0.05, 0.1) is 0 Å². The quantitative estimate of drug-likeness (QED) is 0.804. The van der Waals surface area contributed by atoms with Crippen LogP contribution in [0, 0.1) is 23.2 Å². The van der Waals surface area contributed by atoms with Crippen LogP contribution in [0.4, 0.5) is 0 Å². The van der Waals surface area contributed by atoms with Crippen LogP contribution in [0.5, 0.6) is 0 Å². The summed E-state index contributed by atoms with van der Waals surface area (Å²) >= 11 is 0. The average Bonchev–Trinajstić information content (AvgIpc) is 2.42. The van der Waals surface area contributed by atoms with Gasteiger partial charge < -0.3 is 11.5 Å². The molecule has 2 saturated carbocycles. The van der Waals surface area contributed by atoms with E-state index in [2.05, 4.69) is 27.7 Å². The molecule has 0 bridgehead atoms. The van der Waals surface area contributed by atoms with Gasteiger partial charge >= 0.3 is 0 Å². The second kappa shape index (κ2) is 6.58. The van der Waals surface area contributed by atoms with Gasteiger partial charge in [-0.25, -0.2) is 0 Å². The van der Waals surface area contributed by atoms with E-state index in [9.17, 15) is 0 Å². The molecule has 0 amide bonds. The maximum Gasteiger partial charge on any atom is 0.0310 e. The zero-order valence-electron chi connectivity index (χ0n) is 14.8. The Morgan fingerprint density at radius 2 is 1.52 bits per heavy atom. The van der Waals surface area contributed by atoms with E-state index in [1.165, 1.54) is 44.9 Å². The molecule has 0 aromatic heterocycles. The summed E-state index contributed by atoms with van der Waals surface area (Å²) < 4.78 is 0. The van der Waals surface area contributed by atoms with E-state index in [4.69, 9.17) is 11.5 Å². The maximum atomic E-state index is 6.83. The zero-order valence-corrected chi connectivity index (χ0v) is 14.8. The first-order chi connectivity index (χ1) is 9.80. The minimum atomic E-state index is -0.102. The minimum Gasteiger partial charge on any atom is -0.326 e. The van der Waals surface area contributed by atoms with Crippen LogP contribution in [0.1, 0.15) is 85.5 Å². The molecule has 0 aromatic carbocycles. The standard InChI is InChI=1S/C19H38N2/c1-14(2)18(15(3)4)10-11-19(21,17(20)13-18)12-16-8-6-5-7-9-16/h14-17H,5-13,20-21H2,1-4H3. The summed E-state index contributed by atoms with van der Waals surface area (Å²) in [5, 5.41) is 0. The van der Waals surface area contributed by atoms with Gasteiger partial charge in [-0.2, -0.15) is 0 Å². The summed E-state index contributed by atoms with van der Waals surface area (Å²) in [5.41, 5.74) is 13.8. The monoisotopic (exact) mass is 294 g/mol. The van der Waals surface area contributed by atoms with Crippen molar-refractivity contribution >= 4 is 0 Å². The maximum absolute atomic E-state index is 6.83. The number of hydrogen-bond acceptors (Lipinski definition) is 2. The largest absolute Gasteiger partial charge is 0.326 e. The number of hydrogen-bond donors (Lipinski definition) is 2. The smallest absolute Gasteiger partial charge is 0.0310 e. The molecule has 2 heteroatoms. The lowest BCUT2D eigenvalue weighted by Gasteiger charge is -2.54. The first-order valence-corrected chi connectivity index (χ1v) is 9.34. The third-order valence-electron chi connectivity index (χ3n) is 7.09. The first kappa shape index (κ1) is 17.3. The summed E-state index contributed by atoms with van der Waals surface area (Å²) in [6, 6.07) is 0.179. The van der Waals surface area contributed by atoms with Crippen LogP contribution in [0.3, 0.4) is 0 Å². The third-order valence-corrected chi connectivity index (χ3v) is 7.09. The lowest BCUT2D eigenvalue weighted by molar-refractivity contribution is 0.00858. The van der Waals surface area contributed by atoms with Gasteiger partial charge in [0.25, 0.3) is 0 Å². The third kappa shape index (κ3) is 3.47. The lowest BCUT2D eigenvalue weighted by Crippen LogP contribution is -2.62. The average molecular weight is 295 g/mol. The van der Waals surface area contributed by atoms with E-state index in [1.807, 2.05) is 0 Å². The van der Waals surface area contributed by atoms with Gasteiger partial charge in [-0.1, -0.05) is 59.8 Å². The fourth-order valence-electron chi connectivity index (χ4n) is 5.26. The van der Waals surface area contributed by atoms with Crippen molar-refractivity contribution in [3.8, 4) is 0 Å². The Kier molecular flexibility index (Phi) is 5.41. The van der Waals surface area contributed by atoms with E-state index in [1.54, 1.807) is 0 Å². The predicted molar refractivity (Wildman–Crippen MR) is 92.0 cm³/mol. The summed E-state index contributed by atoms with van der Waals surface area (Å²) in [5.74, 6) is 2.23. The molecule has 2 rings (SSSR count). The number of rotatable bonds is 4. The Bertz CT molecular complexity index is 322. The van der Waals surface area contributed by atoms with Crippen LogP contribution in [-0.2, 0) is 0 Å². The van der Waals surface area contributed by atoms with Crippen LogP contribution >= 0.6 is 0 Å². The van der Waals surface area contributed by atoms with Crippen molar-refractivity contribution in [2.24, 2.45) is 34.6 Å². The molecule has 2 unspecified atom stereocenters. The molecular weight excluding hydrogens is 256 g/mol. The van der Waals surface area contributed by atoms with E-state index < -0.39 is 0 Å². The normalized spacial score (nSPS) is 34.6. The predicted octanol–water partition coefficient (Wildman–Crippen LogP) is 4.46. The van der Waals surface area contributed by atoms with Gasteiger partial charge in [0.15, 0.2) is 0 Å². The molecule has 0 heterocycles. The highest BCUT2D eigenvalue weighted by atomic mass is 14.9. The van der Waals surface area contributed by atoms with Gasteiger partial charge in [0, 0.05) is 11.6 Å². The van der Waals surface area contributed by atoms with Crippen LogP contribution in [-0.4, -0.2) is 11.6 Å². The van der Waals surface area contributed by atoms with Crippen LogP contribution in [0.2, 0.25) is 0 Å². The molecule has 0 saturated heterocycles. The SMILES string of the molecule is CC(C)C1(C(C)C)CCC(N)(CC2CCCCC2)C(N)C1. The van der Waals surface area contributed by atoms with Gasteiger partial charge in [-0.3, -0.25) is 0 Å². The van der Waals surface area contributed by atoms with Crippen LogP contribution < -0.4 is 11.5 Å². The molecule has 0 aromatic rings. The molecule has 2 nitrogen and oxygen atoms in total. The van der Waals surface area contributed by atoms with E-state index in [0.29, 0.717) is 17.3 Å². The Labute approximate surface area is 132 Å². The molecule has 21 heavy (non-hydrogen) atoms. The highest BCUT2D eigenvalue weighted by molar-refractivity contribution is 5.06. The molecule has 2 aliphatic rings. The Hall–Kier alpha value is -0.0800. The first-order valence-electron chi connectivity index (χ1n) is 9.34. The molecule has 4 N–H and O–H groups in total. The second-order valence-electron chi connectivity index (χ2n) is 8.79. The number of nitrogens with two attached hydrogens (primary N) is 2. The van der Waals surface area contributed by atoms with Gasteiger partial charge in [0.2, 0.25) is 0 Å². The van der Waals surface area contributed by atoms with Crippen molar-refractivity contribution in [1.82, 2.24) is 0 Å². The molecule has 2 aliphatic carbocycles. The Balaban J connectivity index is 2.04. The van der Waals surface area contributed by atoms with Crippen molar-refractivity contribution in [3.63, 3.8) is 0 Å². The van der Waals surface area contributed by atoms with Gasteiger partial charge in [-0.05, 0) is 48.9 Å². The fraction of sp³-hybridized carbons (Fsp3) is 1.00. The van der Waals surface area contributed by atoms with Crippen LogP contribution in [0.15, 0.2) is 0 Å². The molecular formula is C19H38N2. The summed E-state index contributed by atoms with van der Waals surface area (Å²) in [4.78, 5) is 0.